The minimum Gasteiger partial charge on any atom is -0.344 e. The highest BCUT2D eigenvalue weighted by Crippen LogP contribution is 2.64. The maximum atomic E-state index is 2.27. The number of rotatable bonds is 3. The second-order valence-corrected chi connectivity index (χ2v) is 5.87. The monoisotopic (exact) mass is 287 g/mol. The quantitative estimate of drug-likeness (QED) is 0.695. The Balaban J connectivity index is 0.00000144. The highest BCUT2D eigenvalue weighted by Gasteiger charge is 2.56. The van der Waals surface area contributed by atoms with Crippen LogP contribution in [-0.2, 0) is 5.41 Å². The Morgan fingerprint density at radius 1 is 0.591 bits per heavy atom. The Kier molecular flexibility index (Phi) is 3.82. The summed E-state index contributed by atoms with van der Waals surface area (Å²) in [5.41, 5.74) is 4.48. The first-order chi connectivity index (χ1) is 10.4. The zero-order valence-electron chi connectivity index (χ0n) is 12.7. The van der Waals surface area contributed by atoms with Gasteiger partial charge >= 0.3 is 0 Å². The molecule has 1 nitrogen and oxygen atoms in total. The van der Waals surface area contributed by atoms with Gasteiger partial charge in [-0.25, -0.2) is 0 Å². The van der Waals surface area contributed by atoms with Crippen LogP contribution in [0.2, 0.25) is 0 Å². The highest BCUT2D eigenvalue weighted by molar-refractivity contribution is 5.53. The van der Waals surface area contributed by atoms with E-state index in [1.54, 1.807) is 0 Å². The standard InChI is InChI=1S/C21H18.H3N/c1-4-10-17(11-5-1)20-16-21(20,18-12-6-2-7-13-18)19-14-8-3-9-15-19;/h1-15,20H,16H2;1H3. The highest BCUT2D eigenvalue weighted by atomic mass is 14.6. The molecule has 1 heteroatoms. The van der Waals surface area contributed by atoms with E-state index in [1.807, 2.05) is 0 Å². The Labute approximate surface area is 132 Å². The van der Waals surface area contributed by atoms with Crippen LogP contribution in [0.5, 0.6) is 0 Å². The predicted molar refractivity (Wildman–Crippen MR) is 92.5 cm³/mol. The second-order valence-electron chi connectivity index (χ2n) is 5.87. The molecule has 110 valence electrons. The Hall–Kier alpha value is -2.38. The maximum absolute atomic E-state index is 2.27. The second kappa shape index (κ2) is 5.78. The number of benzene rings is 3. The average Bonchev–Trinajstić information content (AvgIpc) is 3.34. The van der Waals surface area contributed by atoms with Gasteiger partial charge in [0.2, 0.25) is 0 Å². The van der Waals surface area contributed by atoms with Gasteiger partial charge < -0.3 is 6.15 Å². The fourth-order valence-corrected chi connectivity index (χ4v) is 3.63. The van der Waals surface area contributed by atoms with E-state index in [4.69, 9.17) is 0 Å². The first-order valence-corrected chi connectivity index (χ1v) is 7.57. The summed E-state index contributed by atoms with van der Waals surface area (Å²) in [6.07, 6.45) is 1.20. The van der Waals surface area contributed by atoms with Crippen LogP contribution in [0.4, 0.5) is 0 Å². The molecule has 0 heterocycles. The lowest BCUT2D eigenvalue weighted by Crippen LogP contribution is -2.11. The molecule has 0 aromatic heterocycles. The van der Waals surface area contributed by atoms with Gasteiger partial charge in [-0.3, -0.25) is 0 Å². The van der Waals surface area contributed by atoms with Crippen LogP contribution >= 0.6 is 0 Å². The van der Waals surface area contributed by atoms with Crippen LogP contribution in [0, 0.1) is 0 Å². The lowest BCUT2D eigenvalue weighted by atomic mass is 9.84. The van der Waals surface area contributed by atoms with Crippen molar-refractivity contribution in [3.63, 3.8) is 0 Å². The van der Waals surface area contributed by atoms with E-state index in [0.29, 0.717) is 5.92 Å². The van der Waals surface area contributed by atoms with Crippen LogP contribution in [0.25, 0.3) is 0 Å². The summed E-state index contributed by atoms with van der Waals surface area (Å²) in [4.78, 5) is 0. The molecule has 1 fully saturated rings. The Morgan fingerprint density at radius 2 is 1.00 bits per heavy atom. The minimum atomic E-state index is 0. The van der Waals surface area contributed by atoms with Crippen LogP contribution in [-0.4, -0.2) is 0 Å². The SMILES string of the molecule is N.c1ccc(C2CC2(c2ccccc2)c2ccccc2)cc1. The maximum Gasteiger partial charge on any atom is 0.0278 e. The Bertz CT molecular complexity index is 680. The first-order valence-electron chi connectivity index (χ1n) is 7.57. The van der Waals surface area contributed by atoms with E-state index in [0.717, 1.165) is 0 Å². The van der Waals surface area contributed by atoms with Crippen molar-refractivity contribution in [3.8, 4) is 0 Å². The van der Waals surface area contributed by atoms with Gasteiger partial charge in [0.05, 0.1) is 0 Å². The average molecular weight is 287 g/mol. The van der Waals surface area contributed by atoms with Crippen molar-refractivity contribution in [1.82, 2.24) is 6.15 Å². The lowest BCUT2D eigenvalue weighted by molar-refractivity contribution is 0.803. The fourth-order valence-electron chi connectivity index (χ4n) is 3.63. The van der Waals surface area contributed by atoms with E-state index in [2.05, 4.69) is 91.0 Å². The largest absolute Gasteiger partial charge is 0.344 e. The number of hydrogen-bond donors (Lipinski definition) is 1. The van der Waals surface area contributed by atoms with Crippen molar-refractivity contribution in [1.29, 1.82) is 0 Å². The summed E-state index contributed by atoms with van der Waals surface area (Å²) in [5.74, 6) is 0.587. The van der Waals surface area contributed by atoms with Gasteiger partial charge in [0.15, 0.2) is 0 Å². The molecule has 0 aliphatic heterocycles. The van der Waals surface area contributed by atoms with Crippen LogP contribution in [0.1, 0.15) is 29.0 Å². The third-order valence-corrected chi connectivity index (χ3v) is 4.74. The Morgan fingerprint density at radius 3 is 1.45 bits per heavy atom. The van der Waals surface area contributed by atoms with Gasteiger partial charge in [-0.2, -0.15) is 0 Å². The first kappa shape index (κ1) is 14.6. The van der Waals surface area contributed by atoms with Gasteiger partial charge in [0.25, 0.3) is 0 Å². The molecule has 1 saturated carbocycles. The molecule has 1 unspecified atom stereocenters. The van der Waals surface area contributed by atoms with E-state index in [1.165, 1.54) is 23.1 Å². The van der Waals surface area contributed by atoms with E-state index >= 15 is 0 Å². The van der Waals surface area contributed by atoms with Crippen LogP contribution in [0.3, 0.4) is 0 Å². The van der Waals surface area contributed by atoms with Crippen LogP contribution < -0.4 is 6.15 Å². The summed E-state index contributed by atoms with van der Waals surface area (Å²) in [6.45, 7) is 0. The van der Waals surface area contributed by atoms with E-state index in [9.17, 15) is 0 Å². The molecule has 0 radical (unpaired) electrons. The molecule has 3 aromatic carbocycles. The van der Waals surface area contributed by atoms with Gasteiger partial charge in [0, 0.05) is 5.41 Å². The van der Waals surface area contributed by atoms with Crippen LogP contribution in [0.15, 0.2) is 91.0 Å². The molecule has 0 spiro atoms. The van der Waals surface area contributed by atoms with E-state index < -0.39 is 0 Å². The molecule has 22 heavy (non-hydrogen) atoms. The van der Waals surface area contributed by atoms with Gasteiger partial charge in [-0.15, -0.1) is 0 Å². The van der Waals surface area contributed by atoms with Crippen molar-refractivity contribution in [2.75, 3.05) is 0 Å². The molecule has 1 atom stereocenters. The summed E-state index contributed by atoms with van der Waals surface area (Å²) in [5, 5.41) is 0. The van der Waals surface area contributed by atoms with Crippen molar-refractivity contribution in [2.24, 2.45) is 0 Å². The molecule has 0 saturated heterocycles. The summed E-state index contributed by atoms with van der Waals surface area (Å²) < 4.78 is 0. The zero-order chi connectivity index (χ0) is 14.1. The summed E-state index contributed by atoms with van der Waals surface area (Å²) >= 11 is 0. The molecule has 1 aliphatic rings. The molecule has 1 aliphatic carbocycles. The van der Waals surface area contributed by atoms with Crippen molar-refractivity contribution in [2.45, 2.75) is 17.8 Å². The number of hydrogen-bond acceptors (Lipinski definition) is 1. The van der Waals surface area contributed by atoms with Gasteiger partial charge in [-0.05, 0) is 29.0 Å². The molecule has 0 bridgehead atoms. The fraction of sp³-hybridized carbons (Fsp3) is 0.143. The summed E-state index contributed by atoms with van der Waals surface area (Å²) in [6, 6.07) is 32.8. The lowest BCUT2D eigenvalue weighted by Gasteiger charge is -2.19. The van der Waals surface area contributed by atoms with E-state index in [-0.39, 0.29) is 11.6 Å². The zero-order valence-corrected chi connectivity index (χ0v) is 12.7. The molecule has 3 N–H and O–H groups in total. The summed E-state index contributed by atoms with van der Waals surface area (Å²) in [7, 11) is 0. The molecular formula is C21H21N. The van der Waals surface area contributed by atoms with Crippen molar-refractivity contribution in [3.05, 3.63) is 108 Å². The molecule has 3 aromatic rings. The molecule has 0 amide bonds. The van der Waals surface area contributed by atoms with Crippen molar-refractivity contribution >= 4 is 0 Å². The third kappa shape index (κ3) is 2.24. The molecular weight excluding hydrogens is 266 g/mol. The smallest absolute Gasteiger partial charge is 0.0278 e. The van der Waals surface area contributed by atoms with Gasteiger partial charge in [-0.1, -0.05) is 91.0 Å². The minimum absolute atomic E-state index is 0. The predicted octanol–water partition coefficient (Wildman–Crippen LogP) is 5.32. The normalized spacial score (nSPS) is 18.3. The topological polar surface area (TPSA) is 35.0 Å². The van der Waals surface area contributed by atoms with Gasteiger partial charge in [0.1, 0.15) is 0 Å². The third-order valence-electron chi connectivity index (χ3n) is 4.74. The van der Waals surface area contributed by atoms with Crippen molar-refractivity contribution < 1.29 is 0 Å². The molecule has 4 rings (SSSR count).